The number of sulfonamides is 1. The number of nitrogen functional groups attached to an aromatic ring is 1. The molecule has 0 fully saturated rings. The lowest BCUT2D eigenvalue weighted by atomic mass is 10.3. The highest BCUT2D eigenvalue weighted by atomic mass is 79.9. The van der Waals surface area contributed by atoms with E-state index in [1.807, 2.05) is 6.92 Å². The molecule has 1 rings (SSSR count). The van der Waals surface area contributed by atoms with Crippen molar-refractivity contribution in [3.63, 3.8) is 0 Å². The van der Waals surface area contributed by atoms with Crippen LogP contribution >= 0.6 is 27.5 Å². The summed E-state index contributed by atoms with van der Waals surface area (Å²) in [6.45, 7) is 2.12. The van der Waals surface area contributed by atoms with E-state index in [0.717, 1.165) is 6.42 Å². The van der Waals surface area contributed by atoms with Crippen LogP contribution in [0.5, 0.6) is 0 Å². The number of hydrogen-bond donors (Lipinski definition) is 2. The minimum absolute atomic E-state index is 0.0204. The van der Waals surface area contributed by atoms with Gasteiger partial charge in [0.1, 0.15) is 0 Å². The number of benzene rings is 1. The van der Waals surface area contributed by atoms with Gasteiger partial charge in [-0.15, -0.1) is 0 Å². The summed E-state index contributed by atoms with van der Waals surface area (Å²) >= 11 is 9.07. The smallest absolute Gasteiger partial charge is 0.244 e. The highest BCUT2D eigenvalue weighted by Gasteiger charge is 2.27. The lowest BCUT2D eigenvalue weighted by molar-refractivity contribution is 0.252. The molecule has 0 amide bonds. The van der Waals surface area contributed by atoms with Crippen LogP contribution in [0.4, 0.5) is 5.69 Å². The quantitative estimate of drug-likeness (QED) is 0.706. The molecule has 0 heterocycles. The van der Waals surface area contributed by atoms with Crippen LogP contribution in [0.25, 0.3) is 0 Å². The Morgan fingerprint density at radius 3 is 2.60 bits per heavy atom. The van der Waals surface area contributed by atoms with Crippen molar-refractivity contribution in [2.75, 3.05) is 25.4 Å². The first-order chi connectivity index (χ1) is 9.34. The molecular weight excluding hydrogens is 368 g/mol. The molecule has 0 saturated heterocycles. The summed E-state index contributed by atoms with van der Waals surface area (Å²) in [5.41, 5.74) is 5.99. The van der Waals surface area contributed by atoms with Gasteiger partial charge in [0.15, 0.2) is 0 Å². The van der Waals surface area contributed by atoms with Crippen molar-refractivity contribution in [2.24, 2.45) is 0 Å². The lowest BCUT2D eigenvalue weighted by Gasteiger charge is -2.22. The number of aliphatic hydroxyl groups is 1. The predicted octanol–water partition coefficient (Wildman–Crippen LogP) is 2.47. The average molecular weight is 386 g/mol. The molecule has 0 aliphatic rings. The summed E-state index contributed by atoms with van der Waals surface area (Å²) in [4.78, 5) is 0.0204. The van der Waals surface area contributed by atoms with Crippen LogP contribution in [0.2, 0.25) is 5.02 Å². The Morgan fingerprint density at radius 2 is 2.05 bits per heavy atom. The van der Waals surface area contributed by atoms with E-state index in [9.17, 15) is 8.42 Å². The summed E-state index contributed by atoms with van der Waals surface area (Å²) < 4.78 is 26.8. The normalized spacial score (nSPS) is 12.1. The number of rotatable bonds is 7. The molecule has 114 valence electrons. The Labute approximate surface area is 132 Å². The van der Waals surface area contributed by atoms with Crippen molar-refractivity contribution in [1.29, 1.82) is 0 Å². The van der Waals surface area contributed by atoms with Crippen LogP contribution in [0.3, 0.4) is 0 Å². The third-order valence-corrected chi connectivity index (χ3v) is 6.05. The molecule has 8 heteroatoms. The standard InChI is InChI=1S/C12H18BrClN2O3S/c1-2-3-4-16(5-6-17)20(18,19)11-8-9(14)7-10(15)12(11)13/h7-8,17H,2-6,15H2,1H3. The summed E-state index contributed by atoms with van der Waals surface area (Å²) in [6.07, 6.45) is 1.57. The van der Waals surface area contributed by atoms with Gasteiger partial charge in [0.25, 0.3) is 0 Å². The molecule has 0 aliphatic carbocycles. The highest BCUT2D eigenvalue weighted by Crippen LogP contribution is 2.33. The zero-order valence-corrected chi connectivity index (χ0v) is 14.3. The Balaban J connectivity index is 3.25. The fourth-order valence-corrected chi connectivity index (χ4v) is 4.43. The average Bonchev–Trinajstić information content (AvgIpc) is 2.38. The van der Waals surface area contributed by atoms with Crippen LogP contribution in [0, 0.1) is 0 Å². The number of nitrogens with two attached hydrogens (primary N) is 1. The van der Waals surface area contributed by atoms with Crippen molar-refractivity contribution in [3.8, 4) is 0 Å². The first-order valence-electron chi connectivity index (χ1n) is 6.20. The third kappa shape index (κ3) is 4.08. The fourth-order valence-electron chi connectivity index (χ4n) is 1.71. The Bertz CT molecular complexity index is 566. The molecule has 0 atom stereocenters. The number of unbranched alkanes of at least 4 members (excludes halogenated alkanes) is 1. The van der Waals surface area contributed by atoms with Crippen LogP contribution in [0.15, 0.2) is 21.5 Å². The minimum atomic E-state index is -3.75. The summed E-state index contributed by atoms with van der Waals surface area (Å²) in [7, 11) is -3.75. The van der Waals surface area contributed by atoms with Gasteiger partial charge < -0.3 is 10.8 Å². The maximum atomic E-state index is 12.6. The molecule has 0 aliphatic heterocycles. The molecule has 20 heavy (non-hydrogen) atoms. The SMILES string of the molecule is CCCCN(CCO)S(=O)(=O)c1cc(Cl)cc(N)c1Br. The van der Waals surface area contributed by atoms with E-state index in [-0.39, 0.29) is 28.8 Å². The number of nitrogens with zero attached hydrogens (tertiary/aromatic N) is 1. The van der Waals surface area contributed by atoms with Gasteiger partial charge in [-0.25, -0.2) is 8.42 Å². The fraction of sp³-hybridized carbons (Fsp3) is 0.500. The van der Waals surface area contributed by atoms with Gasteiger partial charge in [0.2, 0.25) is 10.0 Å². The largest absolute Gasteiger partial charge is 0.398 e. The van der Waals surface area contributed by atoms with E-state index >= 15 is 0 Å². The van der Waals surface area contributed by atoms with Gasteiger partial charge in [-0.1, -0.05) is 24.9 Å². The number of hydrogen-bond acceptors (Lipinski definition) is 4. The van der Waals surface area contributed by atoms with Gasteiger partial charge in [-0.05, 0) is 34.5 Å². The van der Waals surface area contributed by atoms with Crippen LogP contribution in [-0.4, -0.2) is 37.5 Å². The van der Waals surface area contributed by atoms with Gasteiger partial charge >= 0.3 is 0 Å². The topological polar surface area (TPSA) is 83.6 Å². The Morgan fingerprint density at radius 1 is 1.40 bits per heavy atom. The van der Waals surface area contributed by atoms with Crippen molar-refractivity contribution in [1.82, 2.24) is 4.31 Å². The summed E-state index contributed by atoms with van der Waals surface area (Å²) in [5.74, 6) is 0. The number of aliphatic hydroxyl groups excluding tert-OH is 1. The maximum absolute atomic E-state index is 12.6. The molecule has 3 N–H and O–H groups in total. The van der Waals surface area contributed by atoms with Crippen molar-refractivity contribution in [2.45, 2.75) is 24.7 Å². The second kappa shape index (κ2) is 7.61. The molecule has 0 bridgehead atoms. The first kappa shape index (κ1) is 17.7. The van der Waals surface area contributed by atoms with Gasteiger partial charge in [0.05, 0.1) is 16.0 Å². The molecule has 0 spiro atoms. The molecular formula is C12H18BrClN2O3S. The highest BCUT2D eigenvalue weighted by molar-refractivity contribution is 9.10. The lowest BCUT2D eigenvalue weighted by Crippen LogP contribution is -2.34. The molecule has 1 aromatic carbocycles. The van der Waals surface area contributed by atoms with E-state index in [4.69, 9.17) is 22.4 Å². The van der Waals surface area contributed by atoms with Gasteiger partial charge in [-0.3, -0.25) is 0 Å². The maximum Gasteiger partial charge on any atom is 0.244 e. The second-order valence-electron chi connectivity index (χ2n) is 4.29. The molecule has 0 radical (unpaired) electrons. The van der Waals surface area contributed by atoms with E-state index in [2.05, 4.69) is 15.9 Å². The van der Waals surface area contributed by atoms with Gasteiger partial charge in [-0.2, -0.15) is 4.31 Å². The van der Waals surface area contributed by atoms with Crippen molar-refractivity contribution in [3.05, 3.63) is 21.6 Å². The van der Waals surface area contributed by atoms with Gasteiger partial charge in [0, 0.05) is 23.8 Å². The Kier molecular flexibility index (Phi) is 6.74. The van der Waals surface area contributed by atoms with Crippen LogP contribution < -0.4 is 5.73 Å². The number of halogens is 2. The third-order valence-electron chi connectivity index (χ3n) is 2.76. The van der Waals surface area contributed by atoms with E-state index in [1.54, 1.807) is 0 Å². The zero-order chi connectivity index (χ0) is 15.3. The van der Waals surface area contributed by atoms with E-state index in [0.29, 0.717) is 17.4 Å². The van der Waals surface area contributed by atoms with E-state index < -0.39 is 10.0 Å². The Hall–Kier alpha value is -0.340. The molecule has 0 saturated carbocycles. The first-order valence-corrected chi connectivity index (χ1v) is 8.81. The summed E-state index contributed by atoms with van der Waals surface area (Å²) in [5, 5.41) is 9.31. The van der Waals surface area contributed by atoms with E-state index in [1.165, 1.54) is 16.4 Å². The van der Waals surface area contributed by atoms with Crippen molar-refractivity contribution < 1.29 is 13.5 Å². The summed E-state index contributed by atoms with van der Waals surface area (Å²) in [6, 6.07) is 2.83. The molecule has 0 unspecified atom stereocenters. The molecule has 5 nitrogen and oxygen atoms in total. The second-order valence-corrected chi connectivity index (χ2v) is 7.42. The van der Waals surface area contributed by atoms with Crippen molar-refractivity contribution >= 4 is 43.2 Å². The van der Waals surface area contributed by atoms with Crippen LogP contribution in [-0.2, 0) is 10.0 Å². The molecule has 0 aromatic heterocycles. The zero-order valence-electron chi connectivity index (χ0n) is 11.1. The minimum Gasteiger partial charge on any atom is -0.398 e. The predicted molar refractivity (Wildman–Crippen MR) is 84.3 cm³/mol. The van der Waals surface area contributed by atoms with Crippen LogP contribution in [0.1, 0.15) is 19.8 Å². The molecule has 1 aromatic rings. The monoisotopic (exact) mass is 384 g/mol. The number of anilines is 1.